The van der Waals surface area contributed by atoms with Gasteiger partial charge in [0.15, 0.2) is 0 Å². The van der Waals surface area contributed by atoms with Gasteiger partial charge in [0.2, 0.25) is 0 Å². The second-order valence-electron chi connectivity index (χ2n) is 10.1. The average Bonchev–Trinajstić information content (AvgIpc) is 2.72. The molecule has 182 valence electrons. The van der Waals surface area contributed by atoms with Gasteiger partial charge in [0, 0.05) is 24.0 Å². The first-order valence-corrected chi connectivity index (χ1v) is 12.2. The lowest BCUT2D eigenvalue weighted by Crippen LogP contribution is -2.29. The lowest BCUT2D eigenvalue weighted by Gasteiger charge is -2.29. The first-order chi connectivity index (χ1) is 15.3. The van der Waals surface area contributed by atoms with E-state index in [2.05, 4.69) is 19.9 Å². The molecule has 0 aromatic heterocycles. The minimum Gasteiger partial charge on any atom is -0.491 e. The second kappa shape index (κ2) is 11.5. The van der Waals surface area contributed by atoms with Gasteiger partial charge in [-0.3, -0.25) is 4.79 Å². The number of hydrogen-bond donors (Lipinski definition) is 2. The van der Waals surface area contributed by atoms with Crippen molar-refractivity contribution in [1.29, 1.82) is 0 Å². The monoisotopic (exact) mass is 474 g/mol. The van der Waals surface area contributed by atoms with Gasteiger partial charge in [-0.2, -0.15) is 0 Å². The molecule has 0 radical (unpaired) electrons. The number of Topliss-reactive ketones (excluding diaryl/α,β-unsaturated/α-hetero) is 1. The van der Waals surface area contributed by atoms with Gasteiger partial charge < -0.3 is 14.9 Å². The fourth-order valence-corrected chi connectivity index (χ4v) is 4.44. The Morgan fingerprint density at radius 3 is 2.30 bits per heavy atom. The third-order valence-electron chi connectivity index (χ3n) is 6.16. The molecule has 4 nitrogen and oxygen atoms in total. The molecule has 0 fully saturated rings. The molecule has 0 saturated heterocycles. The predicted molar refractivity (Wildman–Crippen MR) is 135 cm³/mol. The Kier molecular flexibility index (Phi) is 9.54. The molecule has 0 aliphatic rings. The van der Waals surface area contributed by atoms with Crippen molar-refractivity contribution >= 4 is 17.4 Å². The highest BCUT2D eigenvalue weighted by molar-refractivity contribution is 6.31. The van der Waals surface area contributed by atoms with E-state index in [1.54, 1.807) is 26.0 Å². The normalized spacial score (nSPS) is 13.9. The highest BCUT2D eigenvalue weighted by atomic mass is 35.5. The van der Waals surface area contributed by atoms with Gasteiger partial charge in [0.25, 0.3) is 0 Å². The Labute approximate surface area is 203 Å². The number of benzene rings is 2. The second-order valence-corrected chi connectivity index (χ2v) is 10.5. The molecular formula is C28H39ClO4. The number of ketones is 1. The standard InChI is InChI=1S/C28H39ClO4/c1-17(2)23-9-8-10-25(28(6,7)32)24(23)14-21(16-30)19(5)27(31)15-20-13-22(33-18(3)4)11-12-26(20)29/h8-13,17-19,21,30,32H,14-16H2,1-7H3. The molecule has 0 amide bonds. The van der Waals surface area contributed by atoms with Crippen LogP contribution in [-0.2, 0) is 23.2 Å². The quantitative estimate of drug-likeness (QED) is 0.414. The Morgan fingerprint density at radius 2 is 1.76 bits per heavy atom. The summed E-state index contributed by atoms with van der Waals surface area (Å²) in [6.07, 6.45) is 0.718. The molecule has 2 aromatic rings. The largest absolute Gasteiger partial charge is 0.491 e. The van der Waals surface area contributed by atoms with Crippen molar-refractivity contribution in [2.75, 3.05) is 6.61 Å². The number of hydrogen-bond acceptors (Lipinski definition) is 4. The van der Waals surface area contributed by atoms with Crippen LogP contribution in [0.4, 0.5) is 0 Å². The lowest BCUT2D eigenvalue weighted by atomic mass is 9.78. The van der Waals surface area contributed by atoms with Gasteiger partial charge in [-0.25, -0.2) is 0 Å². The minimum atomic E-state index is -1.02. The first-order valence-electron chi connectivity index (χ1n) is 11.8. The van der Waals surface area contributed by atoms with Crippen LogP contribution in [0.1, 0.15) is 76.6 Å². The summed E-state index contributed by atoms with van der Waals surface area (Å²) in [6.45, 7) is 13.4. The zero-order chi connectivity index (χ0) is 24.9. The van der Waals surface area contributed by atoms with E-state index in [0.29, 0.717) is 17.2 Å². The summed E-state index contributed by atoms with van der Waals surface area (Å²) in [5, 5.41) is 21.5. The summed E-state index contributed by atoms with van der Waals surface area (Å²) in [6, 6.07) is 11.3. The average molecular weight is 475 g/mol. The highest BCUT2D eigenvalue weighted by Crippen LogP contribution is 2.34. The van der Waals surface area contributed by atoms with Crippen LogP contribution in [0.25, 0.3) is 0 Å². The fraction of sp³-hybridized carbons (Fsp3) is 0.536. The summed E-state index contributed by atoms with van der Waals surface area (Å²) < 4.78 is 5.75. The highest BCUT2D eigenvalue weighted by Gasteiger charge is 2.29. The number of ether oxygens (including phenoxy) is 1. The molecule has 2 aromatic carbocycles. The minimum absolute atomic E-state index is 0.0180. The van der Waals surface area contributed by atoms with Crippen molar-refractivity contribution in [3.63, 3.8) is 0 Å². The maximum atomic E-state index is 13.2. The molecule has 2 rings (SSSR count). The smallest absolute Gasteiger partial charge is 0.140 e. The Morgan fingerprint density at radius 1 is 1.09 bits per heavy atom. The van der Waals surface area contributed by atoms with Crippen molar-refractivity contribution in [2.45, 2.75) is 78.9 Å². The molecule has 0 saturated carbocycles. The van der Waals surface area contributed by atoms with Crippen LogP contribution in [0.2, 0.25) is 5.02 Å². The maximum Gasteiger partial charge on any atom is 0.140 e. The van der Waals surface area contributed by atoms with Crippen LogP contribution in [0.3, 0.4) is 0 Å². The fourth-order valence-electron chi connectivity index (χ4n) is 4.25. The van der Waals surface area contributed by atoms with Gasteiger partial charge in [0.05, 0.1) is 11.7 Å². The molecule has 0 aliphatic heterocycles. The summed E-state index contributed by atoms with van der Waals surface area (Å²) in [7, 11) is 0. The van der Waals surface area contributed by atoms with Gasteiger partial charge in [0.1, 0.15) is 11.5 Å². The van der Waals surface area contributed by atoms with Gasteiger partial charge >= 0.3 is 0 Å². The number of carbonyl (C=O) groups excluding carboxylic acids is 1. The van der Waals surface area contributed by atoms with Crippen LogP contribution in [0.15, 0.2) is 36.4 Å². The van der Waals surface area contributed by atoms with Crippen LogP contribution < -0.4 is 4.74 Å². The van der Waals surface area contributed by atoms with Crippen molar-refractivity contribution in [2.24, 2.45) is 11.8 Å². The van der Waals surface area contributed by atoms with Gasteiger partial charge in [-0.15, -0.1) is 0 Å². The maximum absolute atomic E-state index is 13.2. The molecular weight excluding hydrogens is 436 g/mol. The first kappa shape index (κ1) is 27.4. The van der Waals surface area contributed by atoms with Gasteiger partial charge in [-0.1, -0.05) is 50.6 Å². The Hall–Kier alpha value is -1.88. The summed E-state index contributed by atoms with van der Waals surface area (Å²) in [4.78, 5) is 13.2. The Balaban J connectivity index is 2.30. The molecule has 2 N–H and O–H groups in total. The number of carbonyl (C=O) groups is 1. The number of aliphatic hydroxyl groups is 2. The van der Waals surface area contributed by atoms with Crippen molar-refractivity contribution in [3.05, 3.63) is 63.7 Å². The number of halogens is 1. The molecule has 0 spiro atoms. The van der Waals surface area contributed by atoms with E-state index < -0.39 is 5.60 Å². The zero-order valence-corrected chi connectivity index (χ0v) is 21.7. The van der Waals surface area contributed by atoms with Crippen molar-refractivity contribution in [3.8, 4) is 5.75 Å². The zero-order valence-electron chi connectivity index (χ0n) is 21.0. The van der Waals surface area contributed by atoms with E-state index in [4.69, 9.17) is 16.3 Å². The molecule has 0 aliphatic carbocycles. The molecule has 5 heteroatoms. The van der Waals surface area contributed by atoms with E-state index in [1.165, 1.54) is 0 Å². The molecule has 33 heavy (non-hydrogen) atoms. The lowest BCUT2D eigenvalue weighted by molar-refractivity contribution is -0.123. The summed E-state index contributed by atoms with van der Waals surface area (Å²) in [5.41, 5.74) is 2.70. The Bertz CT molecular complexity index is 943. The third kappa shape index (κ3) is 7.30. The van der Waals surface area contributed by atoms with Crippen molar-refractivity contribution in [1.82, 2.24) is 0 Å². The van der Waals surface area contributed by atoms with Crippen LogP contribution in [-0.4, -0.2) is 28.7 Å². The third-order valence-corrected chi connectivity index (χ3v) is 6.53. The van der Waals surface area contributed by atoms with E-state index in [-0.39, 0.29) is 42.7 Å². The van der Waals surface area contributed by atoms with E-state index >= 15 is 0 Å². The summed E-state index contributed by atoms with van der Waals surface area (Å²) in [5.74, 6) is 0.312. The van der Waals surface area contributed by atoms with E-state index in [9.17, 15) is 15.0 Å². The number of aliphatic hydroxyl groups excluding tert-OH is 1. The summed E-state index contributed by atoms with van der Waals surface area (Å²) >= 11 is 6.37. The van der Waals surface area contributed by atoms with Crippen LogP contribution in [0, 0.1) is 11.8 Å². The number of rotatable bonds is 11. The molecule has 0 heterocycles. The van der Waals surface area contributed by atoms with Crippen LogP contribution >= 0.6 is 11.6 Å². The molecule has 0 bridgehead atoms. The SMILES string of the molecule is CC(C)Oc1ccc(Cl)c(CC(=O)C(C)C(CO)Cc2c(C(C)C)cccc2C(C)(C)O)c1. The van der Waals surface area contributed by atoms with Crippen LogP contribution in [0.5, 0.6) is 5.75 Å². The van der Waals surface area contributed by atoms with Crippen molar-refractivity contribution < 1.29 is 19.7 Å². The van der Waals surface area contributed by atoms with E-state index in [1.807, 2.05) is 39.0 Å². The van der Waals surface area contributed by atoms with E-state index in [0.717, 1.165) is 22.3 Å². The predicted octanol–water partition coefficient (Wildman–Crippen LogP) is 6.08. The topological polar surface area (TPSA) is 66.8 Å². The molecule has 2 unspecified atom stereocenters. The molecule has 2 atom stereocenters. The van der Waals surface area contributed by atoms with Gasteiger partial charge in [-0.05, 0) is 86.4 Å².